The molecule has 0 fully saturated rings. The van der Waals surface area contributed by atoms with Crippen molar-refractivity contribution in [2.75, 3.05) is 11.9 Å². The Morgan fingerprint density at radius 2 is 2.00 bits per heavy atom. The van der Waals surface area contributed by atoms with Gasteiger partial charge in [-0.05, 0) is 45.0 Å². The summed E-state index contributed by atoms with van der Waals surface area (Å²) in [6, 6.07) is 6.56. The quantitative estimate of drug-likeness (QED) is 0.674. The lowest BCUT2D eigenvalue weighted by Crippen LogP contribution is -2.40. The summed E-state index contributed by atoms with van der Waals surface area (Å²) < 4.78 is 10.8. The molecule has 7 heteroatoms. The fourth-order valence-electron chi connectivity index (χ4n) is 2.81. The van der Waals surface area contributed by atoms with Gasteiger partial charge >= 0.3 is 6.03 Å². The van der Waals surface area contributed by atoms with Gasteiger partial charge in [0, 0.05) is 18.2 Å². The Bertz CT molecular complexity index is 924. The lowest BCUT2D eigenvalue weighted by atomic mass is 9.96. The van der Waals surface area contributed by atoms with Gasteiger partial charge in [0.15, 0.2) is 11.5 Å². The lowest BCUT2D eigenvalue weighted by molar-refractivity contribution is 0.0584. The number of urea groups is 1. The van der Waals surface area contributed by atoms with E-state index in [4.69, 9.17) is 8.83 Å². The van der Waals surface area contributed by atoms with E-state index in [-0.39, 0.29) is 6.54 Å². The molecule has 0 saturated heterocycles. The van der Waals surface area contributed by atoms with E-state index in [0.717, 1.165) is 0 Å². The van der Waals surface area contributed by atoms with Crippen molar-refractivity contribution in [1.82, 2.24) is 10.3 Å². The summed E-state index contributed by atoms with van der Waals surface area (Å²) in [6.45, 7) is 7.04. The molecule has 0 spiro atoms. The van der Waals surface area contributed by atoms with Crippen LogP contribution in [0.3, 0.4) is 0 Å². The van der Waals surface area contributed by atoms with Crippen LogP contribution < -0.4 is 10.6 Å². The second-order valence-electron chi connectivity index (χ2n) is 6.32. The number of benzene rings is 1. The molecule has 1 unspecified atom stereocenters. The van der Waals surface area contributed by atoms with Crippen molar-refractivity contribution in [3.63, 3.8) is 0 Å². The number of carbonyl (C=O) groups excluding carboxylic acids is 1. The Morgan fingerprint density at radius 3 is 2.68 bits per heavy atom. The average Bonchev–Trinajstić information content (AvgIpc) is 3.06. The number of amides is 2. The summed E-state index contributed by atoms with van der Waals surface area (Å²) in [6.07, 6.45) is 0. The van der Waals surface area contributed by atoms with E-state index in [1.165, 1.54) is 0 Å². The Labute approximate surface area is 145 Å². The Hall–Kier alpha value is -2.80. The number of nitrogens with one attached hydrogen (secondary N) is 2. The van der Waals surface area contributed by atoms with Crippen molar-refractivity contribution in [2.24, 2.45) is 0 Å². The van der Waals surface area contributed by atoms with Gasteiger partial charge in [-0.2, -0.15) is 0 Å². The van der Waals surface area contributed by atoms with Crippen LogP contribution in [0.4, 0.5) is 10.5 Å². The van der Waals surface area contributed by atoms with Gasteiger partial charge in [-0.25, -0.2) is 9.78 Å². The number of aliphatic hydroxyl groups is 1. The SMILES string of the molecule is Cc1cc(C(C)(O)CNC(=O)Nc2ccc3oc(C)nc3c2)c(C)o1. The number of rotatable bonds is 4. The number of anilines is 1. The number of hydrogen-bond acceptors (Lipinski definition) is 5. The van der Waals surface area contributed by atoms with E-state index in [2.05, 4.69) is 15.6 Å². The fourth-order valence-corrected chi connectivity index (χ4v) is 2.81. The van der Waals surface area contributed by atoms with Crippen molar-refractivity contribution < 1.29 is 18.7 Å². The minimum Gasteiger partial charge on any atom is -0.466 e. The predicted octanol–water partition coefficient (Wildman–Crippen LogP) is 3.38. The molecule has 0 aliphatic carbocycles. The number of nitrogens with zero attached hydrogens (tertiary/aromatic N) is 1. The normalized spacial score (nSPS) is 13.6. The zero-order chi connectivity index (χ0) is 18.2. The van der Waals surface area contributed by atoms with Crippen LogP contribution in [-0.4, -0.2) is 22.7 Å². The number of carbonyl (C=O) groups is 1. The Morgan fingerprint density at radius 1 is 1.24 bits per heavy atom. The van der Waals surface area contributed by atoms with Crippen LogP contribution in [0, 0.1) is 20.8 Å². The van der Waals surface area contributed by atoms with Crippen LogP contribution in [-0.2, 0) is 5.60 Å². The topological polar surface area (TPSA) is 101 Å². The number of aryl methyl sites for hydroxylation is 3. The van der Waals surface area contributed by atoms with E-state index in [9.17, 15) is 9.90 Å². The summed E-state index contributed by atoms with van der Waals surface area (Å²) in [5.74, 6) is 1.92. The van der Waals surface area contributed by atoms with Crippen molar-refractivity contribution in [3.8, 4) is 0 Å². The maximum Gasteiger partial charge on any atom is 0.319 e. The zero-order valence-electron chi connectivity index (χ0n) is 14.6. The molecule has 0 aliphatic rings. The molecule has 7 nitrogen and oxygen atoms in total. The first kappa shape index (κ1) is 17.0. The van der Waals surface area contributed by atoms with E-state index in [0.29, 0.717) is 39.8 Å². The molecule has 2 amide bonds. The monoisotopic (exact) mass is 343 g/mol. The van der Waals surface area contributed by atoms with E-state index < -0.39 is 11.6 Å². The van der Waals surface area contributed by atoms with Gasteiger partial charge in [0.1, 0.15) is 22.6 Å². The molecule has 0 saturated carbocycles. The van der Waals surface area contributed by atoms with Crippen molar-refractivity contribution in [2.45, 2.75) is 33.3 Å². The minimum absolute atomic E-state index is 0.0456. The highest BCUT2D eigenvalue weighted by molar-refractivity contribution is 5.91. The summed E-state index contributed by atoms with van der Waals surface area (Å²) in [5.41, 5.74) is 1.36. The first-order chi connectivity index (χ1) is 11.7. The maximum absolute atomic E-state index is 12.1. The molecule has 25 heavy (non-hydrogen) atoms. The van der Waals surface area contributed by atoms with Gasteiger partial charge in [0.25, 0.3) is 0 Å². The second-order valence-corrected chi connectivity index (χ2v) is 6.32. The molecule has 132 valence electrons. The third kappa shape index (κ3) is 3.66. The summed E-state index contributed by atoms with van der Waals surface area (Å²) in [4.78, 5) is 16.4. The van der Waals surface area contributed by atoms with E-state index in [1.807, 2.05) is 6.92 Å². The highest BCUT2D eigenvalue weighted by atomic mass is 16.3. The number of hydrogen-bond donors (Lipinski definition) is 3. The molecule has 3 N–H and O–H groups in total. The summed E-state index contributed by atoms with van der Waals surface area (Å²) >= 11 is 0. The van der Waals surface area contributed by atoms with Crippen molar-refractivity contribution in [1.29, 1.82) is 0 Å². The number of fused-ring (bicyclic) bond motifs is 1. The highest BCUT2D eigenvalue weighted by Crippen LogP contribution is 2.26. The molecule has 3 rings (SSSR count). The Balaban J connectivity index is 1.64. The average molecular weight is 343 g/mol. The number of aromatic nitrogens is 1. The third-order valence-corrected chi connectivity index (χ3v) is 3.97. The molecular weight excluding hydrogens is 322 g/mol. The molecule has 0 radical (unpaired) electrons. The molecule has 2 heterocycles. The number of furan rings is 1. The highest BCUT2D eigenvalue weighted by Gasteiger charge is 2.28. The molecule has 1 aromatic carbocycles. The second kappa shape index (κ2) is 6.25. The largest absolute Gasteiger partial charge is 0.466 e. The first-order valence-electron chi connectivity index (χ1n) is 7.96. The van der Waals surface area contributed by atoms with Gasteiger partial charge < -0.3 is 24.6 Å². The standard InChI is InChI=1S/C18H21N3O4/c1-10-7-14(11(2)24-10)18(4,23)9-19-17(22)21-13-5-6-16-15(8-13)20-12(3)25-16/h5-8,23H,9H2,1-4H3,(H2,19,21,22). The van der Waals surface area contributed by atoms with Crippen molar-refractivity contribution in [3.05, 3.63) is 47.2 Å². The molecular formula is C18H21N3O4. The van der Waals surface area contributed by atoms with Gasteiger partial charge in [0.05, 0.1) is 6.54 Å². The minimum atomic E-state index is -1.23. The van der Waals surface area contributed by atoms with E-state index in [1.54, 1.807) is 45.0 Å². The van der Waals surface area contributed by atoms with Crippen LogP contribution in [0.5, 0.6) is 0 Å². The van der Waals surface area contributed by atoms with Crippen LogP contribution in [0.25, 0.3) is 11.1 Å². The number of oxazole rings is 1. The van der Waals surface area contributed by atoms with Crippen molar-refractivity contribution >= 4 is 22.8 Å². The van der Waals surface area contributed by atoms with Gasteiger partial charge in [-0.3, -0.25) is 0 Å². The van der Waals surface area contributed by atoms with Gasteiger partial charge in [-0.1, -0.05) is 0 Å². The fraction of sp³-hybridized carbons (Fsp3) is 0.333. The van der Waals surface area contributed by atoms with E-state index >= 15 is 0 Å². The lowest BCUT2D eigenvalue weighted by Gasteiger charge is -2.23. The smallest absolute Gasteiger partial charge is 0.319 e. The Kier molecular flexibility index (Phi) is 4.26. The summed E-state index contributed by atoms with van der Waals surface area (Å²) in [5, 5.41) is 16.0. The van der Waals surface area contributed by atoms with Crippen LogP contribution >= 0.6 is 0 Å². The molecule has 2 aromatic heterocycles. The molecule has 0 aliphatic heterocycles. The zero-order valence-corrected chi connectivity index (χ0v) is 14.6. The molecule has 3 aromatic rings. The molecule has 1 atom stereocenters. The maximum atomic E-state index is 12.1. The van der Waals surface area contributed by atoms with Gasteiger partial charge in [0.2, 0.25) is 0 Å². The summed E-state index contributed by atoms with van der Waals surface area (Å²) in [7, 11) is 0. The predicted molar refractivity (Wildman–Crippen MR) is 93.5 cm³/mol. The van der Waals surface area contributed by atoms with Crippen LogP contribution in [0.1, 0.15) is 29.9 Å². The van der Waals surface area contributed by atoms with Crippen LogP contribution in [0.15, 0.2) is 33.1 Å². The van der Waals surface area contributed by atoms with Gasteiger partial charge in [-0.15, -0.1) is 0 Å². The third-order valence-electron chi connectivity index (χ3n) is 3.97. The first-order valence-corrected chi connectivity index (χ1v) is 7.96. The van der Waals surface area contributed by atoms with Crippen LogP contribution in [0.2, 0.25) is 0 Å². The molecule has 0 bridgehead atoms.